The van der Waals surface area contributed by atoms with Gasteiger partial charge in [-0.05, 0) is 41.8 Å². The predicted octanol–water partition coefficient (Wildman–Crippen LogP) is 4.08. The van der Waals surface area contributed by atoms with Crippen molar-refractivity contribution < 1.29 is 9.53 Å². The Kier molecular flexibility index (Phi) is 6.22. The Hall–Kier alpha value is -3.41. The first-order chi connectivity index (χ1) is 13.5. The molecular weight excluding hydrogens is 352 g/mol. The first-order valence-corrected chi connectivity index (χ1v) is 9.18. The molecule has 0 radical (unpaired) electrons. The van der Waals surface area contributed by atoms with Gasteiger partial charge in [0.05, 0.1) is 6.42 Å². The Balaban J connectivity index is 1.57. The number of nitrogens with one attached hydrogen (secondary N) is 1. The van der Waals surface area contributed by atoms with E-state index in [1.54, 1.807) is 6.07 Å². The zero-order valence-electron chi connectivity index (χ0n) is 16.3. The highest BCUT2D eigenvalue weighted by Gasteiger charge is 2.06. The fourth-order valence-electron chi connectivity index (χ4n) is 2.64. The Morgan fingerprint density at radius 3 is 2.32 bits per heavy atom. The van der Waals surface area contributed by atoms with Crippen LogP contribution in [0.15, 0.2) is 60.9 Å². The summed E-state index contributed by atoms with van der Waals surface area (Å²) >= 11 is 0. The smallest absolute Gasteiger partial charge is 0.228 e. The van der Waals surface area contributed by atoms with Crippen LogP contribution in [-0.4, -0.2) is 30.0 Å². The van der Waals surface area contributed by atoms with Crippen LogP contribution in [0.4, 0.5) is 11.5 Å². The Morgan fingerprint density at radius 1 is 1.00 bits per heavy atom. The number of ether oxygens (including phenoxy) is 1. The summed E-state index contributed by atoms with van der Waals surface area (Å²) in [6.07, 6.45) is 2.75. The third-order valence-electron chi connectivity index (χ3n) is 4.24. The second-order valence-electron chi connectivity index (χ2n) is 6.63. The molecule has 0 unspecified atom stereocenters. The molecule has 1 amide bonds. The lowest BCUT2D eigenvalue weighted by Crippen LogP contribution is -2.14. The summed E-state index contributed by atoms with van der Waals surface area (Å²) in [5.41, 5.74) is 2.96. The molecule has 0 aliphatic rings. The van der Waals surface area contributed by atoms with E-state index in [1.807, 2.05) is 67.5 Å². The van der Waals surface area contributed by atoms with Crippen LogP contribution in [-0.2, 0) is 17.6 Å². The molecule has 3 aromatic rings. The zero-order valence-corrected chi connectivity index (χ0v) is 16.3. The molecule has 28 heavy (non-hydrogen) atoms. The lowest BCUT2D eigenvalue weighted by atomic mass is 10.1. The maximum atomic E-state index is 12.2. The molecule has 6 nitrogen and oxygen atoms in total. The lowest BCUT2D eigenvalue weighted by molar-refractivity contribution is -0.115. The Morgan fingerprint density at radius 2 is 1.68 bits per heavy atom. The van der Waals surface area contributed by atoms with E-state index in [4.69, 9.17) is 4.74 Å². The molecule has 0 bridgehead atoms. The fraction of sp³-hybridized carbons (Fsp3) is 0.227. The van der Waals surface area contributed by atoms with E-state index in [0.29, 0.717) is 18.1 Å². The van der Waals surface area contributed by atoms with E-state index in [1.165, 1.54) is 11.9 Å². The Labute approximate surface area is 165 Å². The number of rotatable bonds is 7. The molecule has 0 aliphatic carbocycles. The number of nitrogens with zero attached hydrogens (tertiary/aromatic N) is 3. The summed E-state index contributed by atoms with van der Waals surface area (Å²) in [4.78, 5) is 22.4. The predicted molar refractivity (Wildman–Crippen MR) is 111 cm³/mol. The van der Waals surface area contributed by atoms with Gasteiger partial charge in [-0.15, -0.1) is 0 Å². The molecule has 0 atom stereocenters. The summed E-state index contributed by atoms with van der Waals surface area (Å²) in [6.45, 7) is 2.10. The van der Waals surface area contributed by atoms with Gasteiger partial charge in [0.2, 0.25) is 11.8 Å². The molecule has 3 rings (SSSR count). The maximum absolute atomic E-state index is 12.2. The molecule has 1 aromatic heterocycles. The fourth-order valence-corrected chi connectivity index (χ4v) is 2.64. The molecule has 0 spiro atoms. The molecule has 1 N–H and O–H groups in total. The monoisotopic (exact) mass is 376 g/mol. The second kappa shape index (κ2) is 8.99. The van der Waals surface area contributed by atoms with E-state index >= 15 is 0 Å². The van der Waals surface area contributed by atoms with Gasteiger partial charge in [-0.1, -0.05) is 31.2 Å². The van der Waals surface area contributed by atoms with Gasteiger partial charge in [-0.2, -0.15) is 0 Å². The number of carbonyl (C=O) groups excluding carboxylic acids is 1. The molecule has 0 aliphatic heterocycles. The van der Waals surface area contributed by atoms with Crippen LogP contribution in [0, 0.1) is 0 Å². The van der Waals surface area contributed by atoms with Crippen molar-refractivity contribution in [2.75, 3.05) is 24.3 Å². The third-order valence-corrected chi connectivity index (χ3v) is 4.24. The number of amides is 1. The van der Waals surface area contributed by atoms with E-state index < -0.39 is 0 Å². The SMILES string of the molecule is CCc1ccc(NC(=O)Cc2ccc(Oc3cc(N(C)C)ncn3)cc2)cc1. The molecule has 2 aromatic carbocycles. The third kappa shape index (κ3) is 5.30. The minimum atomic E-state index is -0.0515. The van der Waals surface area contributed by atoms with Gasteiger partial charge in [0.15, 0.2) is 0 Å². The van der Waals surface area contributed by atoms with Gasteiger partial charge in [-0.25, -0.2) is 9.97 Å². The highest BCUT2D eigenvalue weighted by Crippen LogP contribution is 2.22. The van der Waals surface area contributed by atoms with Crippen molar-refractivity contribution in [3.8, 4) is 11.6 Å². The van der Waals surface area contributed by atoms with Crippen LogP contribution >= 0.6 is 0 Å². The van der Waals surface area contributed by atoms with Gasteiger partial charge in [0.25, 0.3) is 0 Å². The number of benzene rings is 2. The van der Waals surface area contributed by atoms with Crippen molar-refractivity contribution >= 4 is 17.4 Å². The van der Waals surface area contributed by atoms with Crippen molar-refractivity contribution in [2.45, 2.75) is 19.8 Å². The quantitative estimate of drug-likeness (QED) is 0.673. The van der Waals surface area contributed by atoms with Gasteiger partial charge in [0, 0.05) is 25.8 Å². The molecule has 1 heterocycles. The molecule has 0 fully saturated rings. The maximum Gasteiger partial charge on any atom is 0.228 e. The molecule has 0 saturated carbocycles. The van der Waals surface area contributed by atoms with Crippen LogP contribution < -0.4 is 15.0 Å². The topological polar surface area (TPSA) is 67.3 Å². The van der Waals surface area contributed by atoms with Gasteiger partial charge < -0.3 is 15.0 Å². The van der Waals surface area contributed by atoms with Crippen molar-refractivity contribution in [3.63, 3.8) is 0 Å². The summed E-state index contributed by atoms with van der Waals surface area (Å²) in [7, 11) is 3.81. The minimum absolute atomic E-state index is 0.0515. The van der Waals surface area contributed by atoms with Crippen LogP contribution in [0.2, 0.25) is 0 Å². The summed E-state index contributed by atoms with van der Waals surface area (Å²) in [6, 6.07) is 17.1. The van der Waals surface area contributed by atoms with Crippen LogP contribution in [0.25, 0.3) is 0 Å². The van der Waals surface area contributed by atoms with Gasteiger partial charge in [0.1, 0.15) is 17.9 Å². The van der Waals surface area contributed by atoms with E-state index in [0.717, 1.165) is 23.5 Å². The van der Waals surface area contributed by atoms with Gasteiger partial charge in [-0.3, -0.25) is 4.79 Å². The largest absolute Gasteiger partial charge is 0.439 e. The number of hydrogen-bond donors (Lipinski definition) is 1. The van der Waals surface area contributed by atoms with E-state index in [2.05, 4.69) is 22.2 Å². The summed E-state index contributed by atoms with van der Waals surface area (Å²) in [5.74, 6) is 1.84. The lowest BCUT2D eigenvalue weighted by Gasteiger charge is -2.12. The number of aromatic nitrogens is 2. The van der Waals surface area contributed by atoms with Crippen LogP contribution in [0.1, 0.15) is 18.1 Å². The molecule has 144 valence electrons. The molecule has 6 heteroatoms. The summed E-state index contributed by atoms with van der Waals surface area (Å²) in [5, 5.41) is 2.92. The molecule has 0 saturated heterocycles. The Bertz CT molecular complexity index is 922. The standard InChI is InChI=1S/C22H24N4O2/c1-4-16-5-9-18(10-6-16)25-21(27)13-17-7-11-19(12-8-17)28-22-14-20(26(2)3)23-15-24-22/h5-12,14-15H,4,13H2,1-3H3,(H,25,27). The van der Waals surface area contributed by atoms with Crippen molar-refractivity contribution in [1.82, 2.24) is 9.97 Å². The number of aryl methyl sites for hydroxylation is 1. The number of anilines is 2. The average Bonchev–Trinajstić information content (AvgIpc) is 2.70. The second-order valence-corrected chi connectivity index (χ2v) is 6.63. The first-order valence-electron chi connectivity index (χ1n) is 9.18. The highest BCUT2D eigenvalue weighted by atomic mass is 16.5. The summed E-state index contributed by atoms with van der Waals surface area (Å²) < 4.78 is 5.77. The van der Waals surface area contributed by atoms with E-state index in [-0.39, 0.29) is 5.91 Å². The van der Waals surface area contributed by atoms with Crippen molar-refractivity contribution in [3.05, 3.63) is 72.1 Å². The van der Waals surface area contributed by atoms with Crippen molar-refractivity contribution in [2.24, 2.45) is 0 Å². The van der Waals surface area contributed by atoms with Crippen LogP contribution in [0.5, 0.6) is 11.6 Å². The zero-order chi connectivity index (χ0) is 19.9. The van der Waals surface area contributed by atoms with E-state index in [9.17, 15) is 4.79 Å². The van der Waals surface area contributed by atoms with Crippen molar-refractivity contribution in [1.29, 1.82) is 0 Å². The minimum Gasteiger partial charge on any atom is -0.439 e. The normalized spacial score (nSPS) is 10.4. The average molecular weight is 376 g/mol. The molecular formula is C22H24N4O2. The first kappa shape index (κ1) is 19.4. The number of hydrogen-bond acceptors (Lipinski definition) is 5. The number of carbonyl (C=O) groups is 1. The van der Waals surface area contributed by atoms with Crippen LogP contribution in [0.3, 0.4) is 0 Å². The van der Waals surface area contributed by atoms with Gasteiger partial charge >= 0.3 is 0 Å². The highest BCUT2D eigenvalue weighted by molar-refractivity contribution is 5.92.